The Morgan fingerprint density at radius 2 is 2.40 bits per heavy atom. The topological polar surface area (TPSA) is 24.7 Å². The fraction of sp³-hybridized carbons (Fsp3) is 0.250. The summed E-state index contributed by atoms with van der Waals surface area (Å²) in [4.78, 5) is 8.36. The normalized spacial score (nSPS) is 21.6. The lowest BCUT2D eigenvalue weighted by Crippen LogP contribution is -2.08. The Balaban J connectivity index is 2.39. The summed E-state index contributed by atoms with van der Waals surface area (Å²) in [6.45, 7) is 0.834. The number of fused-ring (bicyclic) bond motifs is 1. The van der Waals surface area contributed by atoms with Crippen molar-refractivity contribution in [2.24, 2.45) is 9.98 Å². The van der Waals surface area contributed by atoms with Crippen LogP contribution in [0, 0.1) is 0 Å². The van der Waals surface area contributed by atoms with Crippen LogP contribution in [0.25, 0.3) is 0 Å². The highest BCUT2D eigenvalue weighted by atomic mass is 14.8. The number of hydrogen-bond donors (Lipinski definition) is 0. The molecule has 2 heterocycles. The molecule has 0 fully saturated rings. The Kier molecular flexibility index (Phi) is 1.24. The van der Waals surface area contributed by atoms with Crippen molar-refractivity contribution in [2.45, 2.75) is 6.42 Å². The van der Waals surface area contributed by atoms with Crippen molar-refractivity contribution in [3.05, 3.63) is 23.9 Å². The van der Waals surface area contributed by atoms with Gasteiger partial charge < -0.3 is 0 Å². The number of nitrogens with zero attached hydrogens (tertiary/aromatic N) is 2. The molecule has 0 atom stereocenters. The molecule has 0 aromatic rings. The second-order valence-electron chi connectivity index (χ2n) is 2.31. The standard InChI is InChI=1S/C8H8N2/c1-2-7-6-9-5-3-8(7)10-4-1/h1-2,5-6H,3-4H2. The minimum absolute atomic E-state index is 0.834. The van der Waals surface area contributed by atoms with E-state index >= 15 is 0 Å². The Morgan fingerprint density at radius 3 is 3.30 bits per heavy atom. The van der Waals surface area contributed by atoms with Crippen LogP contribution in [-0.2, 0) is 0 Å². The highest BCUT2D eigenvalue weighted by molar-refractivity contribution is 6.10. The van der Waals surface area contributed by atoms with Gasteiger partial charge in [-0.1, -0.05) is 12.2 Å². The third-order valence-corrected chi connectivity index (χ3v) is 1.62. The zero-order chi connectivity index (χ0) is 6.81. The van der Waals surface area contributed by atoms with Gasteiger partial charge in [0.1, 0.15) is 0 Å². The molecule has 0 radical (unpaired) electrons. The maximum absolute atomic E-state index is 4.32. The third-order valence-electron chi connectivity index (χ3n) is 1.62. The lowest BCUT2D eigenvalue weighted by Gasteiger charge is -2.10. The zero-order valence-electron chi connectivity index (χ0n) is 5.62. The Hall–Kier alpha value is -1.18. The maximum atomic E-state index is 4.32. The van der Waals surface area contributed by atoms with E-state index in [2.05, 4.69) is 22.1 Å². The van der Waals surface area contributed by atoms with E-state index in [0.29, 0.717) is 0 Å². The van der Waals surface area contributed by atoms with Gasteiger partial charge in [-0.05, 0) is 0 Å². The summed E-state index contributed by atoms with van der Waals surface area (Å²) in [7, 11) is 0. The minimum Gasteiger partial charge on any atom is -0.285 e. The summed E-state index contributed by atoms with van der Waals surface area (Å²) in [5, 5.41) is 0. The SMILES string of the molecule is C1=CC2=CN=CCC2=NC1. The number of dihydropyridines is 1. The molecule has 0 aliphatic carbocycles. The second kappa shape index (κ2) is 2.21. The van der Waals surface area contributed by atoms with Gasteiger partial charge in [0.15, 0.2) is 0 Å². The Labute approximate surface area is 59.7 Å². The largest absolute Gasteiger partial charge is 0.285 e. The van der Waals surface area contributed by atoms with Gasteiger partial charge >= 0.3 is 0 Å². The van der Waals surface area contributed by atoms with Crippen LogP contribution in [-0.4, -0.2) is 18.5 Å². The first-order valence-electron chi connectivity index (χ1n) is 3.39. The van der Waals surface area contributed by atoms with Gasteiger partial charge in [-0.15, -0.1) is 0 Å². The van der Waals surface area contributed by atoms with Crippen LogP contribution in [0.3, 0.4) is 0 Å². The molecule has 2 heteroatoms. The van der Waals surface area contributed by atoms with Crippen LogP contribution in [0.4, 0.5) is 0 Å². The molecule has 0 N–H and O–H groups in total. The van der Waals surface area contributed by atoms with E-state index < -0.39 is 0 Å². The van der Waals surface area contributed by atoms with E-state index in [1.54, 1.807) is 0 Å². The summed E-state index contributed by atoms with van der Waals surface area (Å²) in [6, 6.07) is 0. The van der Waals surface area contributed by atoms with Crippen molar-refractivity contribution < 1.29 is 0 Å². The first-order chi connectivity index (χ1) is 4.97. The highest BCUT2D eigenvalue weighted by Crippen LogP contribution is 2.11. The first-order valence-corrected chi connectivity index (χ1v) is 3.39. The van der Waals surface area contributed by atoms with Gasteiger partial charge in [0.25, 0.3) is 0 Å². The molecule has 0 spiro atoms. The average Bonchev–Trinajstić information content (AvgIpc) is 2.05. The molecular weight excluding hydrogens is 124 g/mol. The number of allylic oxidation sites excluding steroid dienone is 2. The number of aliphatic imine (C=N–C) groups is 2. The van der Waals surface area contributed by atoms with Crippen LogP contribution in [0.2, 0.25) is 0 Å². The predicted octanol–water partition coefficient (Wildman–Crippen LogP) is 1.36. The van der Waals surface area contributed by atoms with Gasteiger partial charge in [-0.25, -0.2) is 0 Å². The summed E-state index contributed by atoms with van der Waals surface area (Å²) in [6.07, 6.45) is 8.78. The van der Waals surface area contributed by atoms with Crippen molar-refractivity contribution in [2.75, 3.05) is 6.54 Å². The maximum Gasteiger partial charge on any atom is 0.0577 e. The molecule has 2 aliphatic heterocycles. The van der Waals surface area contributed by atoms with E-state index in [1.165, 1.54) is 11.3 Å². The Morgan fingerprint density at radius 1 is 1.40 bits per heavy atom. The molecule has 50 valence electrons. The highest BCUT2D eigenvalue weighted by Gasteiger charge is 2.07. The monoisotopic (exact) mass is 132 g/mol. The molecule has 0 aromatic carbocycles. The van der Waals surface area contributed by atoms with E-state index in [-0.39, 0.29) is 0 Å². The zero-order valence-corrected chi connectivity index (χ0v) is 5.62. The number of rotatable bonds is 0. The van der Waals surface area contributed by atoms with Crippen LogP contribution in [0.5, 0.6) is 0 Å². The molecule has 0 aromatic heterocycles. The molecule has 2 aliphatic rings. The molecule has 0 amide bonds. The summed E-state index contributed by atoms with van der Waals surface area (Å²) in [5.41, 5.74) is 2.35. The minimum atomic E-state index is 0.834. The smallest absolute Gasteiger partial charge is 0.0577 e. The predicted molar refractivity (Wildman–Crippen MR) is 42.6 cm³/mol. The van der Waals surface area contributed by atoms with Gasteiger partial charge in [0, 0.05) is 30.1 Å². The van der Waals surface area contributed by atoms with Crippen molar-refractivity contribution in [3.63, 3.8) is 0 Å². The molecule has 0 saturated carbocycles. The van der Waals surface area contributed by atoms with E-state index in [0.717, 1.165) is 13.0 Å². The van der Waals surface area contributed by atoms with Crippen LogP contribution >= 0.6 is 0 Å². The van der Waals surface area contributed by atoms with Crippen LogP contribution < -0.4 is 0 Å². The number of hydrogen-bond acceptors (Lipinski definition) is 2. The van der Waals surface area contributed by atoms with E-state index in [9.17, 15) is 0 Å². The molecule has 10 heavy (non-hydrogen) atoms. The molecule has 0 saturated heterocycles. The van der Waals surface area contributed by atoms with E-state index in [1.807, 2.05) is 12.4 Å². The molecule has 2 nitrogen and oxygen atoms in total. The molecule has 0 bridgehead atoms. The molecule has 2 rings (SSSR count). The van der Waals surface area contributed by atoms with Crippen LogP contribution in [0.15, 0.2) is 33.9 Å². The summed E-state index contributed by atoms with van der Waals surface area (Å²) in [5.74, 6) is 0. The van der Waals surface area contributed by atoms with Gasteiger partial charge in [-0.3, -0.25) is 9.98 Å². The lowest BCUT2D eigenvalue weighted by atomic mass is 10.1. The fourth-order valence-electron chi connectivity index (χ4n) is 1.10. The summed E-state index contributed by atoms with van der Waals surface area (Å²) >= 11 is 0. The second-order valence-corrected chi connectivity index (χ2v) is 2.31. The van der Waals surface area contributed by atoms with Crippen molar-refractivity contribution in [3.8, 4) is 0 Å². The fourth-order valence-corrected chi connectivity index (χ4v) is 1.10. The van der Waals surface area contributed by atoms with Crippen molar-refractivity contribution in [1.29, 1.82) is 0 Å². The lowest BCUT2D eigenvalue weighted by molar-refractivity contribution is 1.19. The third kappa shape index (κ3) is 0.817. The van der Waals surface area contributed by atoms with Gasteiger partial charge in [0.05, 0.1) is 6.54 Å². The van der Waals surface area contributed by atoms with Crippen molar-refractivity contribution >= 4 is 11.9 Å². The van der Waals surface area contributed by atoms with Crippen LogP contribution in [0.1, 0.15) is 6.42 Å². The van der Waals surface area contributed by atoms with Gasteiger partial charge in [0.2, 0.25) is 0 Å². The van der Waals surface area contributed by atoms with E-state index in [4.69, 9.17) is 0 Å². The molecular formula is C8H8N2. The quantitative estimate of drug-likeness (QED) is 0.475. The summed E-state index contributed by atoms with van der Waals surface area (Å²) < 4.78 is 0. The average molecular weight is 132 g/mol. The molecule has 0 unspecified atom stereocenters. The first kappa shape index (κ1) is 5.59. The van der Waals surface area contributed by atoms with Gasteiger partial charge in [-0.2, -0.15) is 0 Å². The van der Waals surface area contributed by atoms with Crippen molar-refractivity contribution in [1.82, 2.24) is 0 Å². The Bertz CT molecular complexity index is 256.